The molecule has 0 fully saturated rings. The van der Waals surface area contributed by atoms with E-state index in [-0.39, 0.29) is 12.8 Å². The van der Waals surface area contributed by atoms with Gasteiger partial charge < -0.3 is 9.63 Å². The molecule has 0 saturated heterocycles. The van der Waals surface area contributed by atoms with E-state index in [4.69, 9.17) is 9.63 Å². The molecule has 0 aliphatic rings. The van der Waals surface area contributed by atoms with E-state index in [1.807, 2.05) is 25.1 Å². The number of carboxylic acids is 1. The van der Waals surface area contributed by atoms with Crippen LogP contribution in [0.25, 0.3) is 11.4 Å². The first-order valence-corrected chi connectivity index (χ1v) is 6.16. The largest absolute Gasteiger partial charge is 0.481 e. The van der Waals surface area contributed by atoms with E-state index in [9.17, 15) is 4.79 Å². The van der Waals surface area contributed by atoms with Gasteiger partial charge in [-0.15, -0.1) is 0 Å². The average Bonchev–Trinajstić information content (AvgIpc) is 2.75. The number of aryl methyl sites for hydroxylation is 2. The summed E-state index contributed by atoms with van der Waals surface area (Å²) in [5.74, 6) is -0.0894. The van der Waals surface area contributed by atoms with E-state index in [1.165, 1.54) is 0 Å². The smallest absolute Gasteiger partial charge is 0.303 e. The van der Waals surface area contributed by atoms with Gasteiger partial charge in [-0.2, -0.15) is 4.98 Å². The molecule has 1 aromatic carbocycles. The maximum absolute atomic E-state index is 10.4. The van der Waals surface area contributed by atoms with Crippen LogP contribution in [0, 0.1) is 6.92 Å². The number of halogens is 1. The minimum Gasteiger partial charge on any atom is -0.481 e. The van der Waals surface area contributed by atoms with E-state index < -0.39 is 5.97 Å². The Kier molecular flexibility index (Phi) is 3.76. The number of nitrogens with zero attached hydrogens (tertiary/aromatic N) is 2. The van der Waals surface area contributed by atoms with Crippen molar-refractivity contribution in [3.8, 4) is 11.4 Å². The molecule has 0 amide bonds. The standard InChI is InChI=1S/C12H11BrN2O3/c1-7-2-3-8(9(13)6-7)12-14-10(18-15-12)4-5-11(16)17/h2-3,6H,4-5H2,1H3,(H,16,17). The van der Waals surface area contributed by atoms with Crippen molar-refractivity contribution in [2.24, 2.45) is 0 Å². The molecule has 1 aromatic heterocycles. The average molecular weight is 311 g/mol. The Morgan fingerprint density at radius 1 is 1.50 bits per heavy atom. The summed E-state index contributed by atoms with van der Waals surface area (Å²) in [5.41, 5.74) is 1.95. The van der Waals surface area contributed by atoms with Crippen molar-refractivity contribution in [2.45, 2.75) is 19.8 Å². The molecule has 1 N–H and O–H groups in total. The number of rotatable bonds is 4. The van der Waals surface area contributed by atoms with Crippen molar-refractivity contribution in [1.82, 2.24) is 10.1 Å². The van der Waals surface area contributed by atoms with Crippen molar-refractivity contribution in [3.05, 3.63) is 34.1 Å². The lowest BCUT2D eigenvalue weighted by molar-refractivity contribution is -0.137. The van der Waals surface area contributed by atoms with Crippen LogP contribution in [-0.2, 0) is 11.2 Å². The minimum atomic E-state index is -0.883. The lowest BCUT2D eigenvalue weighted by Crippen LogP contribution is -1.97. The highest BCUT2D eigenvalue weighted by Crippen LogP contribution is 2.26. The predicted octanol–water partition coefficient (Wildman–Crippen LogP) is 2.82. The zero-order valence-corrected chi connectivity index (χ0v) is 11.3. The monoisotopic (exact) mass is 310 g/mol. The summed E-state index contributed by atoms with van der Waals surface area (Å²) in [5, 5.41) is 12.4. The molecule has 6 heteroatoms. The predicted molar refractivity (Wildman–Crippen MR) is 68.1 cm³/mol. The normalized spacial score (nSPS) is 10.6. The van der Waals surface area contributed by atoms with Crippen LogP contribution < -0.4 is 0 Å². The quantitative estimate of drug-likeness (QED) is 0.939. The van der Waals surface area contributed by atoms with Crippen LogP contribution in [0.3, 0.4) is 0 Å². The van der Waals surface area contributed by atoms with Crippen LogP contribution in [0.15, 0.2) is 27.2 Å². The van der Waals surface area contributed by atoms with Gasteiger partial charge in [-0.1, -0.05) is 27.2 Å². The molecule has 0 bridgehead atoms. The molecule has 2 aromatic rings. The van der Waals surface area contributed by atoms with Crippen LogP contribution in [0.4, 0.5) is 0 Å². The molecule has 0 aliphatic carbocycles. The minimum absolute atomic E-state index is 0.0172. The van der Waals surface area contributed by atoms with Gasteiger partial charge in [0, 0.05) is 16.5 Å². The van der Waals surface area contributed by atoms with Crippen LogP contribution in [0.2, 0.25) is 0 Å². The zero-order chi connectivity index (χ0) is 13.1. The highest BCUT2D eigenvalue weighted by Gasteiger charge is 2.12. The van der Waals surface area contributed by atoms with Gasteiger partial charge in [0.2, 0.25) is 11.7 Å². The van der Waals surface area contributed by atoms with Crippen LogP contribution >= 0.6 is 15.9 Å². The third-order valence-corrected chi connectivity index (χ3v) is 3.04. The number of carboxylic acid groups (broad SMARTS) is 1. The number of aromatic nitrogens is 2. The van der Waals surface area contributed by atoms with E-state index in [0.717, 1.165) is 15.6 Å². The Bertz CT molecular complexity index is 580. The third kappa shape index (κ3) is 2.95. The first kappa shape index (κ1) is 12.8. The van der Waals surface area contributed by atoms with Crippen LogP contribution in [-0.4, -0.2) is 21.2 Å². The Hall–Kier alpha value is -1.69. The second-order valence-electron chi connectivity index (χ2n) is 3.89. The molecule has 1 heterocycles. The maximum atomic E-state index is 10.4. The highest BCUT2D eigenvalue weighted by atomic mass is 79.9. The van der Waals surface area contributed by atoms with Gasteiger partial charge in [-0.25, -0.2) is 0 Å². The van der Waals surface area contributed by atoms with E-state index in [2.05, 4.69) is 26.1 Å². The summed E-state index contributed by atoms with van der Waals surface area (Å²) in [7, 11) is 0. The van der Waals surface area contributed by atoms with Crippen molar-refractivity contribution < 1.29 is 14.4 Å². The molecule has 5 nitrogen and oxygen atoms in total. The van der Waals surface area contributed by atoms with Gasteiger partial charge >= 0.3 is 5.97 Å². The third-order valence-electron chi connectivity index (χ3n) is 2.39. The van der Waals surface area contributed by atoms with Gasteiger partial charge in [0.15, 0.2) is 0 Å². The molecule has 0 atom stereocenters. The Labute approximate surface area is 112 Å². The lowest BCUT2D eigenvalue weighted by atomic mass is 10.1. The summed E-state index contributed by atoms with van der Waals surface area (Å²) in [6.45, 7) is 1.99. The second kappa shape index (κ2) is 5.30. The number of carbonyl (C=O) groups is 1. The van der Waals surface area contributed by atoms with Crippen molar-refractivity contribution >= 4 is 21.9 Å². The highest BCUT2D eigenvalue weighted by molar-refractivity contribution is 9.10. The summed E-state index contributed by atoms with van der Waals surface area (Å²) in [6.07, 6.45) is 0.225. The van der Waals surface area contributed by atoms with Crippen molar-refractivity contribution in [2.75, 3.05) is 0 Å². The fraction of sp³-hybridized carbons (Fsp3) is 0.250. The molecular weight excluding hydrogens is 300 g/mol. The Morgan fingerprint density at radius 2 is 2.28 bits per heavy atom. The van der Waals surface area contributed by atoms with Crippen LogP contribution in [0.1, 0.15) is 17.9 Å². The van der Waals surface area contributed by atoms with E-state index in [0.29, 0.717) is 11.7 Å². The van der Waals surface area contributed by atoms with Gasteiger partial charge in [0.25, 0.3) is 0 Å². The molecule has 0 unspecified atom stereocenters. The summed E-state index contributed by atoms with van der Waals surface area (Å²) in [6, 6.07) is 5.81. The molecule has 94 valence electrons. The summed E-state index contributed by atoms with van der Waals surface area (Å²) in [4.78, 5) is 14.6. The lowest BCUT2D eigenvalue weighted by Gasteiger charge is -1.99. The molecular formula is C12H11BrN2O3. The molecule has 0 aliphatic heterocycles. The number of hydrogen-bond donors (Lipinski definition) is 1. The molecule has 0 saturated carbocycles. The Morgan fingerprint density at radius 3 is 2.94 bits per heavy atom. The molecule has 0 radical (unpaired) electrons. The topological polar surface area (TPSA) is 76.2 Å². The number of hydrogen-bond acceptors (Lipinski definition) is 4. The van der Waals surface area contributed by atoms with Gasteiger partial charge in [-0.3, -0.25) is 4.79 Å². The summed E-state index contributed by atoms with van der Waals surface area (Å²) >= 11 is 3.44. The van der Waals surface area contributed by atoms with Crippen molar-refractivity contribution in [1.29, 1.82) is 0 Å². The fourth-order valence-corrected chi connectivity index (χ4v) is 2.15. The molecule has 18 heavy (non-hydrogen) atoms. The van der Waals surface area contributed by atoms with Crippen molar-refractivity contribution in [3.63, 3.8) is 0 Å². The SMILES string of the molecule is Cc1ccc(-c2noc(CCC(=O)O)n2)c(Br)c1. The maximum Gasteiger partial charge on any atom is 0.303 e. The zero-order valence-electron chi connectivity index (χ0n) is 9.68. The first-order chi connectivity index (χ1) is 8.56. The molecule has 0 spiro atoms. The van der Waals surface area contributed by atoms with E-state index in [1.54, 1.807) is 0 Å². The van der Waals surface area contributed by atoms with Gasteiger partial charge in [0.1, 0.15) is 0 Å². The van der Waals surface area contributed by atoms with Gasteiger partial charge in [-0.05, 0) is 24.6 Å². The molecule has 2 rings (SSSR count). The summed E-state index contributed by atoms with van der Waals surface area (Å²) < 4.78 is 5.89. The first-order valence-electron chi connectivity index (χ1n) is 5.37. The van der Waals surface area contributed by atoms with Gasteiger partial charge in [0.05, 0.1) is 6.42 Å². The Balaban J connectivity index is 2.21. The fourth-order valence-electron chi connectivity index (χ4n) is 1.48. The second-order valence-corrected chi connectivity index (χ2v) is 4.74. The van der Waals surface area contributed by atoms with E-state index >= 15 is 0 Å². The number of benzene rings is 1. The number of aliphatic carboxylic acids is 1. The van der Waals surface area contributed by atoms with Crippen LogP contribution in [0.5, 0.6) is 0 Å².